The van der Waals surface area contributed by atoms with Crippen LogP contribution in [0.4, 0.5) is 0 Å². The van der Waals surface area contributed by atoms with Gasteiger partial charge in [-0.05, 0) is 23.9 Å². The third-order valence-electron chi connectivity index (χ3n) is 2.20. The molecule has 0 amide bonds. The topological polar surface area (TPSA) is 37.8 Å². The minimum absolute atomic E-state index is 0.585. The summed E-state index contributed by atoms with van der Waals surface area (Å²) in [5, 5.41) is 9.45. The molecule has 1 aromatic heterocycles. The van der Waals surface area contributed by atoms with E-state index in [0.717, 1.165) is 18.7 Å². The Kier molecular flexibility index (Phi) is 4.32. The van der Waals surface area contributed by atoms with Crippen molar-refractivity contribution in [1.29, 1.82) is 0 Å². The van der Waals surface area contributed by atoms with Gasteiger partial charge in [-0.3, -0.25) is 0 Å². The molecule has 1 aromatic rings. The second kappa shape index (κ2) is 5.29. The van der Waals surface area contributed by atoms with Gasteiger partial charge in [0.2, 0.25) is 0 Å². The standard InChI is InChI=1S/C9H17N3S/c1-4-9(7(2)3)10-5-8-6-13-12-11-8/h6-7,9-10H,4-5H2,1-3H3. The van der Waals surface area contributed by atoms with Crippen molar-refractivity contribution in [3.8, 4) is 0 Å². The monoisotopic (exact) mass is 199 g/mol. The highest BCUT2D eigenvalue weighted by molar-refractivity contribution is 7.03. The Morgan fingerprint density at radius 2 is 2.31 bits per heavy atom. The maximum absolute atomic E-state index is 3.99. The Morgan fingerprint density at radius 3 is 2.77 bits per heavy atom. The highest BCUT2D eigenvalue weighted by Crippen LogP contribution is 2.06. The van der Waals surface area contributed by atoms with Crippen molar-refractivity contribution >= 4 is 11.5 Å². The van der Waals surface area contributed by atoms with Crippen LogP contribution < -0.4 is 5.32 Å². The van der Waals surface area contributed by atoms with Crippen LogP contribution in [0.2, 0.25) is 0 Å². The second-order valence-electron chi connectivity index (χ2n) is 3.54. The first kappa shape index (κ1) is 10.6. The molecule has 0 radical (unpaired) electrons. The van der Waals surface area contributed by atoms with Gasteiger partial charge in [-0.15, -0.1) is 5.10 Å². The van der Waals surface area contributed by atoms with E-state index in [1.165, 1.54) is 11.5 Å². The summed E-state index contributed by atoms with van der Waals surface area (Å²) in [5.41, 5.74) is 1.05. The predicted octanol–water partition coefficient (Wildman–Crippen LogP) is 2.06. The van der Waals surface area contributed by atoms with Crippen LogP contribution in [-0.4, -0.2) is 15.6 Å². The van der Waals surface area contributed by atoms with Crippen molar-refractivity contribution in [1.82, 2.24) is 14.9 Å². The lowest BCUT2D eigenvalue weighted by molar-refractivity contribution is 0.385. The molecule has 0 saturated carbocycles. The molecule has 1 rings (SSSR count). The first-order valence-corrected chi connectivity index (χ1v) is 5.57. The zero-order valence-electron chi connectivity index (χ0n) is 8.45. The van der Waals surface area contributed by atoms with Gasteiger partial charge in [0, 0.05) is 18.0 Å². The van der Waals surface area contributed by atoms with Gasteiger partial charge in [-0.2, -0.15) is 0 Å². The number of hydrogen-bond donors (Lipinski definition) is 1. The Bertz CT molecular complexity index is 221. The zero-order chi connectivity index (χ0) is 9.68. The van der Waals surface area contributed by atoms with Crippen LogP contribution in [0.1, 0.15) is 32.9 Å². The minimum atomic E-state index is 0.585. The molecule has 1 heterocycles. The second-order valence-corrected chi connectivity index (χ2v) is 4.15. The summed E-state index contributed by atoms with van der Waals surface area (Å²) in [6, 6.07) is 0.585. The molecule has 0 aliphatic rings. The normalized spacial score (nSPS) is 13.5. The Morgan fingerprint density at radius 1 is 1.54 bits per heavy atom. The fourth-order valence-corrected chi connectivity index (χ4v) is 1.80. The van der Waals surface area contributed by atoms with E-state index in [4.69, 9.17) is 0 Å². The third kappa shape index (κ3) is 3.40. The molecule has 3 nitrogen and oxygen atoms in total. The summed E-state index contributed by atoms with van der Waals surface area (Å²) >= 11 is 1.41. The predicted molar refractivity (Wildman–Crippen MR) is 55.7 cm³/mol. The summed E-state index contributed by atoms with van der Waals surface area (Å²) < 4.78 is 3.82. The van der Waals surface area contributed by atoms with E-state index in [1.807, 2.05) is 5.38 Å². The Balaban J connectivity index is 2.32. The van der Waals surface area contributed by atoms with Crippen LogP contribution in [-0.2, 0) is 6.54 Å². The van der Waals surface area contributed by atoms with Crippen LogP contribution in [0.5, 0.6) is 0 Å². The number of nitrogens with one attached hydrogen (secondary N) is 1. The van der Waals surface area contributed by atoms with E-state index < -0.39 is 0 Å². The molecule has 1 atom stereocenters. The summed E-state index contributed by atoms with van der Waals surface area (Å²) in [6.07, 6.45) is 1.16. The van der Waals surface area contributed by atoms with E-state index in [1.54, 1.807) is 0 Å². The first-order chi connectivity index (χ1) is 6.24. The van der Waals surface area contributed by atoms with Gasteiger partial charge in [0.25, 0.3) is 0 Å². The smallest absolute Gasteiger partial charge is 0.0893 e. The summed E-state index contributed by atoms with van der Waals surface area (Å²) in [4.78, 5) is 0. The molecule has 0 aliphatic carbocycles. The van der Waals surface area contributed by atoms with Crippen molar-refractivity contribution in [3.05, 3.63) is 11.1 Å². The van der Waals surface area contributed by atoms with Crippen molar-refractivity contribution < 1.29 is 0 Å². The first-order valence-electron chi connectivity index (χ1n) is 4.73. The lowest BCUT2D eigenvalue weighted by atomic mass is 10.0. The molecule has 74 valence electrons. The number of rotatable bonds is 5. The lowest BCUT2D eigenvalue weighted by Crippen LogP contribution is -2.32. The van der Waals surface area contributed by atoms with E-state index in [9.17, 15) is 0 Å². The maximum atomic E-state index is 3.99. The summed E-state index contributed by atoms with van der Waals surface area (Å²) in [5.74, 6) is 0.677. The van der Waals surface area contributed by atoms with Crippen LogP contribution in [0, 0.1) is 5.92 Å². The van der Waals surface area contributed by atoms with E-state index in [2.05, 4.69) is 35.7 Å². The summed E-state index contributed by atoms with van der Waals surface area (Å²) in [7, 11) is 0. The van der Waals surface area contributed by atoms with E-state index in [-0.39, 0.29) is 0 Å². The van der Waals surface area contributed by atoms with Crippen LogP contribution >= 0.6 is 11.5 Å². The molecular weight excluding hydrogens is 182 g/mol. The largest absolute Gasteiger partial charge is 0.308 e. The van der Waals surface area contributed by atoms with Crippen LogP contribution in [0.15, 0.2) is 5.38 Å². The third-order valence-corrected chi connectivity index (χ3v) is 2.75. The number of hydrogen-bond acceptors (Lipinski definition) is 4. The molecule has 1 N–H and O–H groups in total. The van der Waals surface area contributed by atoms with Gasteiger partial charge in [-0.25, -0.2) is 0 Å². The molecule has 0 aliphatic heterocycles. The van der Waals surface area contributed by atoms with Crippen molar-refractivity contribution in [2.45, 2.75) is 39.8 Å². The molecule has 4 heteroatoms. The summed E-state index contributed by atoms with van der Waals surface area (Å²) in [6.45, 7) is 7.52. The number of nitrogens with zero attached hydrogens (tertiary/aromatic N) is 2. The molecule has 1 unspecified atom stereocenters. The average molecular weight is 199 g/mol. The fourth-order valence-electron chi connectivity index (χ4n) is 1.35. The van der Waals surface area contributed by atoms with Gasteiger partial charge in [0.05, 0.1) is 5.69 Å². The Labute approximate surface area is 83.7 Å². The van der Waals surface area contributed by atoms with Gasteiger partial charge in [0.1, 0.15) is 0 Å². The molecule has 0 bridgehead atoms. The highest BCUT2D eigenvalue weighted by Gasteiger charge is 2.10. The van der Waals surface area contributed by atoms with E-state index in [0.29, 0.717) is 12.0 Å². The molecule has 0 aromatic carbocycles. The highest BCUT2D eigenvalue weighted by atomic mass is 32.1. The maximum Gasteiger partial charge on any atom is 0.0893 e. The van der Waals surface area contributed by atoms with Crippen molar-refractivity contribution in [2.24, 2.45) is 5.92 Å². The van der Waals surface area contributed by atoms with Crippen LogP contribution in [0.3, 0.4) is 0 Å². The lowest BCUT2D eigenvalue weighted by Gasteiger charge is -2.19. The average Bonchev–Trinajstić information content (AvgIpc) is 2.57. The minimum Gasteiger partial charge on any atom is -0.308 e. The van der Waals surface area contributed by atoms with Gasteiger partial charge >= 0.3 is 0 Å². The Hall–Kier alpha value is -0.480. The quantitative estimate of drug-likeness (QED) is 0.789. The van der Waals surface area contributed by atoms with Crippen LogP contribution in [0.25, 0.3) is 0 Å². The van der Waals surface area contributed by atoms with Gasteiger partial charge in [-0.1, -0.05) is 25.3 Å². The van der Waals surface area contributed by atoms with Crippen molar-refractivity contribution in [2.75, 3.05) is 0 Å². The van der Waals surface area contributed by atoms with Gasteiger partial charge in [0.15, 0.2) is 0 Å². The van der Waals surface area contributed by atoms with Crippen molar-refractivity contribution in [3.63, 3.8) is 0 Å². The molecule has 13 heavy (non-hydrogen) atoms. The SMILES string of the molecule is CCC(NCc1csnn1)C(C)C. The van der Waals surface area contributed by atoms with E-state index >= 15 is 0 Å². The zero-order valence-corrected chi connectivity index (χ0v) is 9.27. The molecule has 0 spiro atoms. The molecule has 0 saturated heterocycles. The molecular formula is C9H17N3S. The van der Waals surface area contributed by atoms with Gasteiger partial charge < -0.3 is 5.32 Å². The fraction of sp³-hybridized carbons (Fsp3) is 0.778. The molecule has 0 fully saturated rings. The number of aromatic nitrogens is 2.